The van der Waals surface area contributed by atoms with E-state index in [0.29, 0.717) is 13.1 Å². The van der Waals surface area contributed by atoms with Crippen LogP contribution in [0.3, 0.4) is 0 Å². The van der Waals surface area contributed by atoms with Gasteiger partial charge in [-0.1, -0.05) is 0 Å². The largest absolute Gasteiger partial charge is 0.351 e. The summed E-state index contributed by atoms with van der Waals surface area (Å²) in [6.07, 6.45) is 3.61. The topological polar surface area (TPSA) is 106 Å². The van der Waals surface area contributed by atoms with Crippen molar-refractivity contribution in [2.45, 2.75) is 45.2 Å². The van der Waals surface area contributed by atoms with E-state index in [1.165, 1.54) is 4.90 Å². The van der Waals surface area contributed by atoms with Crippen LogP contribution in [0.2, 0.25) is 0 Å². The molecule has 0 unspecified atom stereocenters. The first-order chi connectivity index (χ1) is 10.6. The Kier molecular flexibility index (Phi) is 4.00. The molecule has 8 heteroatoms. The van der Waals surface area contributed by atoms with Crippen molar-refractivity contribution in [3.63, 3.8) is 0 Å². The van der Waals surface area contributed by atoms with Crippen molar-refractivity contribution in [2.24, 2.45) is 11.7 Å². The average Bonchev–Trinajstić information content (AvgIpc) is 3.09. The molecule has 1 aromatic heterocycles. The molecule has 0 saturated carbocycles. The molecule has 0 spiro atoms. The third-order valence-electron chi connectivity index (χ3n) is 4.49. The number of nitrogens with one attached hydrogen (secondary N) is 1. The Morgan fingerprint density at radius 2 is 2.14 bits per heavy atom. The summed E-state index contributed by atoms with van der Waals surface area (Å²) in [6, 6.07) is -0.642. The molecule has 0 aliphatic carbocycles. The van der Waals surface area contributed by atoms with E-state index >= 15 is 0 Å². The Morgan fingerprint density at radius 3 is 2.91 bits per heavy atom. The van der Waals surface area contributed by atoms with Crippen molar-refractivity contribution in [3.8, 4) is 0 Å². The van der Waals surface area contributed by atoms with E-state index in [0.717, 1.165) is 43.9 Å². The first kappa shape index (κ1) is 14.8. The summed E-state index contributed by atoms with van der Waals surface area (Å²) in [4.78, 5) is 25.2. The van der Waals surface area contributed by atoms with Crippen molar-refractivity contribution in [1.29, 1.82) is 0 Å². The van der Waals surface area contributed by atoms with E-state index in [-0.39, 0.29) is 17.9 Å². The molecule has 8 nitrogen and oxygen atoms in total. The molecular formula is C14H22N6O2. The van der Waals surface area contributed by atoms with Gasteiger partial charge in [0.15, 0.2) is 5.82 Å². The number of primary amides is 1. The Hall–Kier alpha value is -2.12. The van der Waals surface area contributed by atoms with E-state index in [1.54, 1.807) is 0 Å². The van der Waals surface area contributed by atoms with Crippen LogP contribution in [0.4, 0.5) is 4.79 Å². The second kappa shape index (κ2) is 5.94. The fourth-order valence-corrected chi connectivity index (χ4v) is 3.28. The zero-order chi connectivity index (χ0) is 15.7. The number of rotatable bonds is 3. The number of hydrogen-bond donors (Lipinski definition) is 2. The highest BCUT2D eigenvalue weighted by Gasteiger charge is 2.29. The molecule has 1 fully saturated rings. The van der Waals surface area contributed by atoms with Gasteiger partial charge < -0.3 is 20.5 Å². The molecule has 120 valence electrons. The number of aromatic nitrogens is 3. The summed E-state index contributed by atoms with van der Waals surface area (Å²) < 4.78 is 2.08. The van der Waals surface area contributed by atoms with Gasteiger partial charge in [0.1, 0.15) is 5.82 Å². The third-order valence-corrected chi connectivity index (χ3v) is 4.49. The van der Waals surface area contributed by atoms with Crippen molar-refractivity contribution in [2.75, 3.05) is 13.1 Å². The second-order valence-electron chi connectivity index (χ2n) is 6.08. The van der Waals surface area contributed by atoms with Gasteiger partial charge in [0, 0.05) is 26.1 Å². The van der Waals surface area contributed by atoms with Gasteiger partial charge >= 0.3 is 6.03 Å². The number of urea groups is 1. The Balaban J connectivity index is 1.62. The highest BCUT2D eigenvalue weighted by molar-refractivity contribution is 5.80. The molecule has 3 amide bonds. The Morgan fingerprint density at radius 1 is 1.32 bits per heavy atom. The maximum absolute atomic E-state index is 12.4. The summed E-state index contributed by atoms with van der Waals surface area (Å²) in [5.74, 6) is 1.55. The number of amides is 3. The molecule has 2 aliphatic rings. The molecule has 3 N–H and O–H groups in total. The van der Waals surface area contributed by atoms with Crippen LogP contribution >= 0.6 is 0 Å². The van der Waals surface area contributed by atoms with Crippen LogP contribution in [0, 0.1) is 5.92 Å². The summed E-state index contributed by atoms with van der Waals surface area (Å²) in [5.41, 5.74) is 5.30. The van der Waals surface area contributed by atoms with Crippen molar-refractivity contribution >= 4 is 11.9 Å². The van der Waals surface area contributed by atoms with Gasteiger partial charge in [0.2, 0.25) is 5.91 Å². The maximum atomic E-state index is 12.4. The molecule has 2 aliphatic heterocycles. The number of carbonyl (C=O) groups excluding carboxylic acids is 2. The number of nitrogens with zero attached hydrogens (tertiary/aromatic N) is 4. The van der Waals surface area contributed by atoms with Gasteiger partial charge in [-0.2, -0.15) is 0 Å². The van der Waals surface area contributed by atoms with Gasteiger partial charge in [0.25, 0.3) is 0 Å². The van der Waals surface area contributed by atoms with Gasteiger partial charge in [-0.3, -0.25) is 4.79 Å². The maximum Gasteiger partial charge on any atom is 0.314 e. The lowest BCUT2D eigenvalue weighted by Crippen LogP contribution is -2.47. The molecule has 2 atom stereocenters. The zero-order valence-electron chi connectivity index (χ0n) is 12.8. The van der Waals surface area contributed by atoms with Crippen LogP contribution < -0.4 is 11.1 Å². The van der Waals surface area contributed by atoms with Crippen molar-refractivity contribution in [1.82, 2.24) is 25.0 Å². The van der Waals surface area contributed by atoms with E-state index in [9.17, 15) is 9.59 Å². The lowest BCUT2D eigenvalue weighted by molar-refractivity contribution is -0.127. The molecule has 0 aromatic carbocycles. The van der Waals surface area contributed by atoms with Crippen LogP contribution in [0.15, 0.2) is 0 Å². The van der Waals surface area contributed by atoms with Crippen LogP contribution in [0.1, 0.15) is 43.9 Å². The SMILES string of the molecule is C[C@@H](NC(=O)[C@H]1CCCN(C(N)=O)C1)c1nnc2n1CCC2. The number of aryl methyl sites for hydroxylation is 1. The molecule has 1 aromatic rings. The Bertz CT molecular complexity index is 584. The third kappa shape index (κ3) is 2.77. The monoisotopic (exact) mass is 306 g/mol. The predicted octanol–water partition coefficient (Wildman–Crippen LogP) is 0.192. The smallest absolute Gasteiger partial charge is 0.314 e. The predicted molar refractivity (Wildman–Crippen MR) is 78.8 cm³/mol. The number of fused-ring (bicyclic) bond motifs is 1. The number of piperidine rings is 1. The molecule has 3 heterocycles. The summed E-state index contributed by atoms with van der Waals surface area (Å²) in [5, 5.41) is 11.4. The fourth-order valence-electron chi connectivity index (χ4n) is 3.28. The molecular weight excluding hydrogens is 284 g/mol. The van der Waals surface area contributed by atoms with E-state index in [1.807, 2.05) is 6.92 Å². The van der Waals surface area contributed by atoms with Crippen LogP contribution in [-0.4, -0.2) is 44.7 Å². The molecule has 3 rings (SSSR count). The number of hydrogen-bond acceptors (Lipinski definition) is 4. The van der Waals surface area contributed by atoms with Crippen molar-refractivity contribution in [3.05, 3.63) is 11.6 Å². The molecule has 1 saturated heterocycles. The first-order valence-corrected chi connectivity index (χ1v) is 7.83. The normalized spacial score (nSPS) is 22.2. The van der Waals surface area contributed by atoms with Crippen LogP contribution in [0.5, 0.6) is 0 Å². The van der Waals surface area contributed by atoms with Gasteiger partial charge in [0.05, 0.1) is 12.0 Å². The summed E-state index contributed by atoms with van der Waals surface area (Å²) in [7, 11) is 0. The highest BCUT2D eigenvalue weighted by Crippen LogP contribution is 2.21. The fraction of sp³-hybridized carbons (Fsp3) is 0.714. The van der Waals surface area contributed by atoms with Crippen LogP contribution in [0.25, 0.3) is 0 Å². The first-order valence-electron chi connectivity index (χ1n) is 7.83. The lowest BCUT2D eigenvalue weighted by Gasteiger charge is -2.31. The minimum atomic E-state index is -0.458. The Labute approximate surface area is 129 Å². The summed E-state index contributed by atoms with van der Waals surface area (Å²) >= 11 is 0. The van der Waals surface area contributed by atoms with Gasteiger partial charge in [-0.25, -0.2) is 4.79 Å². The number of likely N-dealkylation sites (tertiary alicyclic amines) is 1. The lowest BCUT2D eigenvalue weighted by atomic mass is 9.97. The molecule has 0 radical (unpaired) electrons. The average molecular weight is 306 g/mol. The number of carbonyl (C=O) groups is 2. The van der Waals surface area contributed by atoms with E-state index in [4.69, 9.17) is 5.73 Å². The highest BCUT2D eigenvalue weighted by atomic mass is 16.2. The van der Waals surface area contributed by atoms with Gasteiger partial charge in [-0.15, -0.1) is 10.2 Å². The number of nitrogens with two attached hydrogens (primary N) is 1. The van der Waals surface area contributed by atoms with E-state index in [2.05, 4.69) is 20.1 Å². The quantitative estimate of drug-likeness (QED) is 0.831. The minimum Gasteiger partial charge on any atom is -0.351 e. The molecule has 22 heavy (non-hydrogen) atoms. The minimum absolute atomic E-state index is 0.0474. The van der Waals surface area contributed by atoms with E-state index < -0.39 is 6.03 Å². The second-order valence-corrected chi connectivity index (χ2v) is 6.08. The van der Waals surface area contributed by atoms with Crippen LogP contribution in [-0.2, 0) is 17.8 Å². The van der Waals surface area contributed by atoms with Crippen molar-refractivity contribution < 1.29 is 9.59 Å². The standard InChI is InChI=1S/C14H22N6O2/c1-9(12-18-17-11-5-3-7-20(11)12)16-13(21)10-4-2-6-19(8-10)14(15)22/h9-10H,2-8H2,1H3,(H2,15,22)(H,16,21)/t9-,10+/m1/s1. The zero-order valence-corrected chi connectivity index (χ0v) is 12.8. The van der Waals surface area contributed by atoms with Gasteiger partial charge in [-0.05, 0) is 26.2 Å². The summed E-state index contributed by atoms with van der Waals surface area (Å²) in [6.45, 7) is 3.86. The molecule has 0 bridgehead atoms.